The Hall–Kier alpha value is -4.31. The number of aromatic nitrogens is 3. The molecule has 0 unspecified atom stereocenters. The summed E-state index contributed by atoms with van der Waals surface area (Å²) >= 11 is 1.49. The zero-order valence-corrected chi connectivity index (χ0v) is 18.1. The second-order valence-electron chi connectivity index (χ2n) is 7.13. The SMILES string of the molecule is O=C(Nc1cccnc1)Nc1ccc(Oc2ccc(-c3cnc(N4CCC4=O)s3)cc2)nc1. The summed E-state index contributed by atoms with van der Waals surface area (Å²) in [6, 6.07) is 14.0. The molecule has 2 N–H and O–H groups in total. The third kappa shape index (κ3) is 4.80. The number of carbonyl (C=O) groups is 2. The fraction of sp³-hybridized carbons (Fsp3) is 0.0870. The standard InChI is InChI=1S/C23H18N6O3S/c30-21-9-11-29(21)23-26-14-19(33-23)15-3-6-18(7-4-15)32-20-8-5-17(13-25-20)28-22(31)27-16-2-1-10-24-12-16/h1-8,10,12-14H,9,11H2,(H2,27,28,31). The molecule has 0 radical (unpaired) electrons. The Labute approximate surface area is 193 Å². The van der Waals surface area contributed by atoms with Crippen LogP contribution in [0.25, 0.3) is 10.4 Å². The van der Waals surface area contributed by atoms with E-state index in [0.717, 1.165) is 22.1 Å². The second kappa shape index (κ2) is 9.05. The van der Waals surface area contributed by atoms with E-state index in [-0.39, 0.29) is 5.91 Å². The summed E-state index contributed by atoms with van der Waals surface area (Å²) in [7, 11) is 0. The molecule has 9 nitrogen and oxygen atoms in total. The second-order valence-corrected chi connectivity index (χ2v) is 8.14. The number of amides is 3. The number of urea groups is 1. The monoisotopic (exact) mass is 458 g/mol. The van der Waals surface area contributed by atoms with Crippen LogP contribution in [0, 0.1) is 0 Å². The van der Waals surface area contributed by atoms with Crippen molar-refractivity contribution >= 4 is 39.8 Å². The molecule has 1 fully saturated rings. The third-order valence-electron chi connectivity index (χ3n) is 4.85. The lowest BCUT2D eigenvalue weighted by Gasteiger charge is -2.27. The Balaban J connectivity index is 1.17. The lowest BCUT2D eigenvalue weighted by molar-refractivity contribution is -0.122. The van der Waals surface area contributed by atoms with Crippen molar-refractivity contribution in [2.75, 3.05) is 22.1 Å². The van der Waals surface area contributed by atoms with E-state index in [9.17, 15) is 9.59 Å². The summed E-state index contributed by atoms with van der Waals surface area (Å²) in [5.41, 5.74) is 2.11. The quantitative estimate of drug-likeness (QED) is 0.403. The predicted octanol–water partition coefficient (Wildman–Crippen LogP) is 4.77. The highest BCUT2D eigenvalue weighted by Crippen LogP contribution is 2.34. The lowest BCUT2D eigenvalue weighted by Crippen LogP contribution is -2.43. The van der Waals surface area contributed by atoms with Crippen LogP contribution < -0.4 is 20.3 Å². The first-order valence-electron chi connectivity index (χ1n) is 10.1. The van der Waals surface area contributed by atoms with Crippen LogP contribution in [0.4, 0.5) is 21.3 Å². The number of nitrogens with one attached hydrogen (secondary N) is 2. The molecular formula is C23H18N6O3S. The number of carbonyl (C=O) groups excluding carboxylic acids is 2. The van der Waals surface area contributed by atoms with E-state index in [4.69, 9.17) is 4.74 Å². The molecule has 4 heterocycles. The summed E-state index contributed by atoms with van der Waals surface area (Å²) in [6.45, 7) is 0.731. The van der Waals surface area contributed by atoms with Crippen molar-refractivity contribution < 1.29 is 14.3 Å². The average Bonchev–Trinajstić information content (AvgIpc) is 3.29. The van der Waals surface area contributed by atoms with Crippen molar-refractivity contribution in [1.82, 2.24) is 15.0 Å². The molecule has 0 atom stereocenters. The Morgan fingerprint density at radius 2 is 1.79 bits per heavy atom. The number of anilines is 3. The zero-order chi connectivity index (χ0) is 22.6. The van der Waals surface area contributed by atoms with E-state index >= 15 is 0 Å². The van der Waals surface area contributed by atoms with Crippen LogP contribution in [0.2, 0.25) is 0 Å². The van der Waals surface area contributed by atoms with E-state index in [2.05, 4.69) is 25.6 Å². The maximum absolute atomic E-state index is 12.0. The Bertz CT molecular complexity index is 1280. The first kappa shape index (κ1) is 20.6. The molecular weight excluding hydrogens is 440 g/mol. The highest BCUT2D eigenvalue weighted by Gasteiger charge is 2.27. The van der Waals surface area contributed by atoms with Crippen molar-refractivity contribution in [3.63, 3.8) is 0 Å². The van der Waals surface area contributed by atoms with Crippen molar-refractivity contribution in [1.29, 1.82) is 0 Å². The molecule has 3 amide bonds. The molecule has 0 aliphatic carbocycles. The van der Waals surface area contributed by atoms with Gasteiger partial charge in [-0.2, -0.15) is 0 Å². The largest absolute Gasteiger partial charge is 0.439 e. The molecule has 3 aromatic heterocycles. The molecule has 0 spiro atoms. The predicted molar refractivity (Wildman–Crippen MR) is 126 cm³/mol. The number of benzene rings is 1. The van der Waals surface area contributed by atoms with E-state index in [1.54, 1.807) is 47.8 Å². The molecule has 10 heteroatoms. The normalized spacial score (nSPS) is 12.7. The number of thiazole rings is 1. The Kier molecular flexibility index (Phi) is 5.64. The molecule has 0 bridgehead atoms. The first-order chi connectivity index (χ1) is 16.1. The molecule has 164 valence electrons. The van der Waals surface area contributed by atoms with Crippen LogP contribution in [0.5, 0.6) is 11.6 Å². The molecule has 1 aliphatic heterocycles. The Morgan fingerprint density at radius 3 is 2.42 bits per heavy atom. The fourth-order valence-electron chi connectivity index (χ4n) is 3.09. The van der Waals surface area contributed by atoms with Gasteiger partial charge in [0.2, 0.25) is 11.8 Å². The van der Waals surface area contributed by atoms with Crippen molar-refractivity contribution in [2.24, 2.45) is 0 Å². The number of hydrogen-bond acceptors (Lipinski definition) is 7. The van der Waals surface area contributed by atoms with E-state index < -0.39 is 6.03 Å². The van der Waals surface area contributed by atoms with Gasteiger partial charge in [-0.05, 0) is 48.0 Å². The Morgan fingerprint density at radius 1 is 0.970 bits per heavy atom. The summed E-state index contributed by atoms with van der Waals surface area (Å²) in [4.78, 5) is 38.8. The van der Waals surface area contributed by atoms with Gasteiger partial charge in [0, 0.05) is 31.4 Å². The number of β-lactam (4-membered cyclic amide) rings is 1. The van der Waals surface area contributed by atoms with Crippen molar-refractivity contribution in [3.8, 4) is 22.1 Å². The van der Waals surface area contributed by atoms with Crippen molar-refractivity contribution in [3.05, 3.63) is 73.3 Å². The lowest BCUT2D eigenvalue weighted by atomic mass is 10.2. The van der Waals surface area contributed by atoms with Gasteiger partial charge in [0.05, 0.1) is 28.6 Å². The number of nitrogens with zero attached hydrogens (tertiary/aromatic N) is 4. The molecule has 1 saturated heterocycles. The van der Waals surface area contributed by atoms with Gasteiger partial charge in [0.15, 0.2) is 5.13 Å². The third-order valence-corrected chi connectivity index (χ3v) is 5.92. The number of rotatable bonds is 6. The van der Waals surface area contributed by atoms with Gasteiger partial charge in [-0.25, -0.2) is 14.8 Å². The van der Waals surface area contributed by atoms with Crippen molar-refractivity contribution in [2.45, 2.75) is 6.42 Å². The minimum atomic E-state index is -0.390. The minimum absolute atomic E-state index is 0.113. The van der Waals surface area contributed by atoms with E-state index in [1.807, 2.05) is 24.3 Å². The molecule has 1 aromatic carbocycles. The maximum Gasteiger partial charge on any atom is 0.323 e. The number of hydrogen-bond donors (Lipinski definition) is 2. The smallest absolute Gasteiger partial charge is 0.323 e. The summed E-state index contributed by atoms with van der Waals surface area (Å²) in [6.07, 6.45) is 7.07. The van der Waals surface area contributed by atoms with Crippen LogP contribution in [0.3, 0.4) is 0 Å². The number of ether oxygens (including phenoxy) is 1. The fourth-order valence-corrected chi connectivity index (χ4v) is 4.06. The van der Waals surface area contributed by atoms with Gasteiger partial charge in [-0.3, -0.25) is 14.7 Å². The van der Waals surface area contributed by atoms with Crippen LogP contribution in [-0.4, -0.2) is 33.4 Å². The van der Waals surface area contributed by atoms with Gasteiger partial charge >= 0.3 is 6.03 Å². The van der Waals surface area contributed by atoms with Crippen LogP contribution in [-0.2, 0) is 4.79 Å². The molecule has 4 aromatic rings. The van der Waals surface area contributed by atoms with Crippen LogP contribution in [0.15, 0.2) is 73.3 Å². The van der Waals surface area contributed by atoms with Gasteiger partial charge in [-0.1, -0.05) is 11.3 Å². The molecule has 5 rings (SSSR count). The highest BCUT2D eigenvalue weighted by atomic mass is 32.1. The minimum Gasteiger partial charge on any atom is -0.439 e. The summed E-state index contributed by atoms with van der Waals surface area (Å²) in [5.74, 6) is 1.14. The van der Waals surface area contributed by atoms with E-state index in [0.29, 0.717) is 29.4 Å². The highest BCUT2D eigenvalue weighted by molar-refractivity contribution is 7.19. The average molecular weight is 459 g/mol. The molecule has 33 heavy (non-hydrogen) atoms. The maximum atomic E-state index is 12.0. The first-order valence-corrected chi connectivity index (χ1v) is 10.9. The zero-order valence-electron chi connectivity index (χ0n) is 17.3. The van der Waals surface area contributed by atoms with Gasteiger partial charge in [-0.15, -0.1) is 0 Å². The number of pyridine rings is 2. The topological polar surface area (TPSA) is 109 Å². The summed E-state index contributed by atoms with van der Waals surface area (Å²) in [5, 5.41) is 6.12. The van der Waals surface area contributed by atoms with E-state index in [1.165, 1.54) is 17.5 Å². The summed E-state index contributed by atoms with van der Waals surface area (Å²) < 4.78 is 5.80. The van der Waals surface area contributed by atoms with Gasteiger partial charge in [0.1, 0.15) is 5.75 Å². The van der Waals surface area contributed by atoms with Crippen LogP contribution >= 0.6 is 11.3 Å². The van der Waals surface area contributed by atoms with Crippen LogP contribution in [0.1, 0.15) is 6.42 Å². The molecule has 1 aliphatic rings. The van der Waals surface area contributed by atoms with Gasteiger partial charge < -0.3 is 15.4 Å². The molecule has 0 saturated carbocycles. The van der Waals surface area contributed by atoms with Gasteiger partial charge in [0.25, 0.3) is 0 Å².